The highest BCUT2D eigenvalue weighted by molar-refractivity contribution is 6.52. The second-order valence-electron chi connectivity index (χ2n) is 8.57. The molecule has 1 aliphatic carbocycles. The SMILES string of the molecule is Cc1ccc(Cl)cc1N1C(=O)C(=O)/C(=C(\O)c2ccc3c(c2)CCCC3)C1c1ccncc1. The van der Waals surface area contributed by atoms with Gasteiger partial charge in [-0.2, -0.15) is 0 Å². The number of hydrogen-bond donors (Lipinski definition) is 1. The number of aryl methyl sites for hydroxylation is 3. The maximum Gasteiger partial charge on any atom is 0.300 e. The zero-order valence-electron chi connectivity index (χ0n) is 18.2. The van der Waals surface area contributed by atoms with Gasteiger partial charge in [0.15, 0.2) is 0 Å². The standard InChI is InChI=1S/C27H23ClN2O3/c1-16-6-9-21(28)15-22(16)30-24(18-10-12-29-13-11-18)23(26(32)27(30)33)25(31)20-8-7-17-4-2-3-5-19(17)14-20/h6-15,24,31H,2-5H2,1H3/b25-23-. The maximum atomic E-state index is 13.3. The maximum absolute atomic E-state index is 13.3. The Kier molecular flexibility index (Phi) is 5.51. The minimum atomic E-state index is -0.791. The summed E-state index contributed by atoms with van der Waals surface area (Å²) in [5, 5.41) is 11.8. The van der Waals surface area contributed by atoms with Crippen LogP contribution in [0, 0.1) is 6.92 Å². The van der Waals surface area contributed by atoms with Crippen molar-refractivity contribution in [2.24, 2.45) is 0 Å². The summed E-state index contributed by atoms with van der Waals surface area (Å²) in [7, 11) is 0. The van der Waals surface area contributed by atoms with E-state index in [2.05, 4.69) is 4.98 Å². The van der Waals surface area contributed by atoms with Crippen molar-refractivity contribution in [2.75, 3.05) is 4.90 Å². The molecule has 5 nitrogen and oxygen atoms in total. The Labute approximate surface area is 197 Å². The van der Waals surface area contributed by atoms with E-state index < -0.39 is 17.7 Å². The lowest BCUT2D eigenvalue weighted by molar-refractivity contribution is -0.132. The minimum absolute atomic E-state index is 0.0707. The van der Waals surface area contributed by atoms with Crippen LogP contribution in [0.5, 0.6) is 0 Å². The van der Waals surface area contributed by atoms with Crippen LogP contribution in [-0.4, -0.2) is 21.8 Å². The topological polar surface area (TPSA) is 70.5 Å². The summed E-state index contributed by atoms with van der Waals surface area (Å²) in [4.78, 5) is 32.1. The Morgan fingerprint density at radius 1 is 1.00 bits per heavy atom. The summed E-state index contributed by atoms with van der Waals surface area (Å²) < 4.78 is 0. The molecule has 166 valence electrons. The fourth-order valence-electron chi connectivity index (χ4n) is 4.82. The Morgan fingerprint density at radius 3 is 2.48 bits per heavy atom. The van der Waals surface area contributed by atoms with Crippen LogP contribution in [-0.2, 0) is 22.4 Å². The molecule has 1 N–H and O–H groups in total. The molecule has 5 rings (SSSR count). The molecular weight excluding hydrogens is 436 g/mol. The van der Waals surface area contributed by atoms with Gasteiger partial charge in [0, 0.05) is 28.7 Å². The molecular formula is C27H23ClN2O3. The molecule has 33 heavy (non-hydrogen) atoms. The Morgan fingerprint density at radius 2 is 1.73 bits per heavy atom. The summed E-state index contributed by atoms with van der Waals surface area (Å²) in [5.74, 6) is -1.57. The number of aromatic nitrogens is 1. The van der Waals surface area contributed by atoms with Crippen molar-refractivity contribution < 1.29 is 14.7 Å². The molecule has 1 saturated heterocycles. The summed E-state index contributed by atoms with van der Waals surface area (Å²) >= 11 is 6.24. The first-order valence-electron chi connectivity index (χ1n) is 11.0. The van der Waals surface area contributed by atoms with Crippen molar-refractivity contribution in [2.45, 2.75) is 38.6 Å². The number of hydrogen-bond acceptors (Lipinski definition) is 4. The van der Waals surface area contributed by atoms with Gasteiger partial charge in [-0.1, -0.05) is 29.8 Å². The van der Waals surface area contributed by atoms with Crippen LogP contribution in [0.4, 0.5) is 5.69 Å². The van der Waals surface area contributed by atoms with Crippen LogP contribution in [0.1, 0.15) is 46.7 Å². The molecule has 2 heterocycles. The Bertz CT molecular complexity index is 1300. The first-order chi connectivity index (χ1) is 16.0. The molecule has 0 radical (unpaired) electrons. The van der Waals surface area contributed by atoms with Gasteiger partial charge < -0.3 is 5.11 Å². The molecule has 1 amide bonds. The second kappa shape index (κ2) is 8.49. The number of carbonyl (C=O) groups is 2. The monoisotopic (exact) mass is 458 g/mol. The van der Waals surface area contributed by atoms with E-state index in [0.29, 0.717) is 21.8 Å². The number of benzene rings is 2. The van der Waals surface area contributed by atoms with Crippen molar-refractivity contribution in [1.82, 2.24) is 4.98 Å². The van der Waals surface area contributed by atoms with Crippen molar-refractivity contribution in [3.05, 3.63) is 99.3 Å². The third-order valence-electron chi connectivity index (χ3n) is 6.52. The molecule has 6 heteroatoms. The summed E-state index contributed by atoms with van der Waals surface area (Å²) in [5.41, 5.74) is 5.11. The summed E-state index contributed by atoms with van der Waals surface area (Å²) in [6.45, 7) is 1.86. The number of amides is 1. The minimum Gasteiger partial charge on any atom is -0.507 e. The fourth-order valence-corrected chi connectivity index (χ4v) is 4.99. The number of halogens is 1. The van der Waals surface area contributed by atoms with Gasteiger partial charge in [-0.05, 0) is 85.2 Å². The predicted octanol–water partition coefficient (Wildman–Crippen LogP) is 5.55. The predicted molar refractivity (Wildman–Crippen MR) is 128 cm³/mol. The lowest BCUT2D eigenvalue weighted by atomic mass is 9.89. The zero-order valence-corrected chi connectivity index (χ0v) is 19.0. The Balaban J connectivity index is 1.71. The number of pyridine rings is 1. The number of carbonyl (C=O) groups excluding carboxylic acids is 2. The number of fused-ring (bicyclic) bond motifs is 1. The van der Waals surface area contributed by atoms with Crippen molar-refractivity contribution in [3.8, 4) is 0 Å². The van der Waals surface area contributed by atoms with E-state index in [1.807, 2.05) is 31.2 Å². The molecule has 0 spiro atoms. The fraction of sp³-hybridized carbons (Fsp3) is 0.222. The van der Waals surface area contributed by atoms with E-state index in [9.17, 15) is 14.7 Å². The third kappa shape index (κ3) is 3.72. The van der Waals surface area contributed by atoms with Gasteiger partial charge in [-0.3, -0.25) is 19.5 Å². The molecule has 1 atom stereocenters. The van der Waals surface area contributed by atoms with Crippen LogP contribution in [0.3, 0.4) is 0 Å². The number of ketones is 1. The third-order valence-corrected chi connectivity index (χ3v) is 6.75. The van der Waals surface area contributed by atoms with Gasteiger partial charge in [0.2, 0.25) is 0 Å². The number of rotatable bonds is 3. The number of anilines is 1. The van der Waals surface area contributed by atoms with Gasteiger partial charge >= 0.3 is 0 Å². The van der Waals surface area contributed by atoms with Crippen LogP contribution in [0.2, 0.25) is 5.02 Å². The van der Waals surface area contributed by atoms with Crippen LogP contribution >= 0.6 is 11.6 Å². The number of Topliss-reactive ketones (excluding diaryl/α,β-unsaturated/α-hetero) is 1. The molecule has 1 aliphatic heterocycles. The normalized spacial score (nSPS) is 19.6. The molecule has 1 unspecified atom stereocenters. The molecule has 1 fully saturated rings. The quantitative estimate of drug-likeness (QED) is 0.317. The first-order valence-corrected chi connectivity index (χ1v) is 11.4. The molecule has 3 aromatic rings. The van der Waals surface area contributed by atoms with Gasteiger partial charge in [0.25, 0.3) is 11.7 Å². The zero-order chi connectivity index (χ0) is 23.1. The van der Waals surface area contributed by atoms with E-state index in [0.717, 1.165) is 31.2 Å². The number of nitrogens with zero attached hydrogens (tertiary/aromatic N) is 2. The highest BCUT2D eigenvalue weighted by Gasteiger charge is 2.47. The molecule has 0 saturated carbocycles. The summed E-state index contributed by atoms with van der Waals surface area (Å²) in [6.07, 6.45) is 7.45. The highest BCUT2D eigenvalue weighted by Crippen LogP contribution is 2.43. The molecule has 1 aromatic heterocycles. The van der Waals surface area contributed by atoms with Gasteiger partial charge in [-0.25, -0.2) is 0 Å². The molecule has 2 aliphatic rings. The highest BCUT2D eigenvalue weighted by atomic mass is 35.5. The van der Waals surface area contributed by atoms with Crippen molar-refractivity contribution >= 4 is 34.7 Å². The Hall–Kier alpha value is -3.44. The van der Waals surface area contributed by atoms with Gasteiger partial charge in [0.1, 0.15) is 5.76 Å². The molecule has 2 aromatic carbocycles. The van der Waals surface area contributed by atoms with Gasteiger partial charge in [0.05, 0.1) is 11.6 Å². The average Bonchev–Trinajstić information content (AvgIpc) is 3.10. The average molecular weight is 459 g/mol. The smallest absolute Gasteiger partial charge is 0.300 e. The van der Waals surface area contributed by atoms with Crippen LogP contribution < -0.4 is 4.90 Å². The van der Waals surface area contributed by atoms with Crippen LogP contribution in [0.15, 0.2) is 66.5 Å². The van der Waals surface area contributed by atoms with Crippen molar-refractivity contribution in [1.29, 1.82) is 0 Å². The van der Waals surface area contributed by atoms with E-state index in [1.54, 1.807) is 36.7 Å². The lowest BCUT2D eigenvalue weighted by Gasteiger charge is -2.27. The van der Waals surface area contributed by atoms with E-state index >= 15 is 0 Å². The number of aliphatic hydroxyl groups excluding tert-OH is 1. The second-order valence-corrected chi connectivity index (χ2v) is 9.01. The number of aliphatic hydroxyl groups is 1. The van der Waals surface area contributed by atoms with Crippen LogP contribution in [0.25, 0.3) is 5.76 Å². The van der Waals surface area contributed by atoms with Gasteiger partial charge in [-0.15, -0.1) is 0 Å². The van der Waals surface area contributed by atoms with E-state index in [4.69, 9.17) is 11.6 Å². The lowest BCUT2D eigenvalue weighted by Crippen LogP contribution is -2.30. The first kappa shape index (κ1) is 21.4. The van der Waals surface area contributed by atoms with E-state index in [-0.39, 0.29) is 11.3 Å². The molecule has 0 bridgehead atoms. The van der Waals surface area contributed by atoms with Crippen molar-refractivity contribution in [3.63, 3.8) is 0 Å². The van der Waals surface area contributed by atoms with E-state index in [1.165, 1.54) is 16.0 Å². The summed E-state index contributed by atoms with van der Waals surface area (Å²) in [6, 6.07) is 13.7. The largest absolute Gasteiger partial charge is 0.507 e.